The van der Waals surface area contributed by atoms with E-state index in [9.17, 15) is 0 Å². The maximum Gasteiger partial charge on any atom is 0.205 e. The van der Waals surface area contributed by atoms with Crippen LogP contribution in [-0.4, -0.2) is 9.55 Å². The van der Waals surface area contributed by atoms with Gasteiger partial charge in [-0.2, -0.15) is 0 Å². The number of aromatic nitrogens is 2. The standard InChI is InChI=1S/C14H12IN3/c1-9-2-7-13-12(8-9)17-14(16)18(13)11-5-3-10(15)4-6-11/h2-8H,1H3,(H2,16,17). The first-order chi connectivity index (χ1) is 8.65. The molecule has 4 heteroatoms. The van der Waals surface area contributed by atoms with E-state index >= 15 is 0 Å². The summed E-state index contributed by atoms with van der Waals surface area (Å²) in [5.41, 5.74) is 10.2. The summed E-state index contributed by atoms with van der Waals surface area (Å²) >= 11 is 2.29. The molecule has 18 heavy (non-hydrogen) atoms. The third-order valence-corrected chi connectivity index (χ3v) is 3.64. The van der Waals surface area contributed by atoms with Crippen LogP contribution in [0.3, 0.4) is 0 Å². The summed E-state index contributed by atoms with van der Waals surface area (Å²) in [6.45, 7) is 2.06. The number of anilines is 1. The van der Waals surface area contributed by atoms with Gasteiger partial charge in [0.25, 0.3) is 0 Å². The molecule has 1 aromatic heterocycles. The van der Waals surface area contributed by atoms with Crippen LogP contribution >= 0.6 is 22.6 Å². The van der Waals surface area contributed by atoms with E-state index in [-0.39, 0.29) is 0 Å². The monoisotopic (exact) mass is 349 g/mol. The van der Waals surface area contributed by atoms with Gasteiger partial charge < -0.3 is 5.73 Å². The lowest BCUT2D eigenvalue weighted by Gasteiger charge is -2.06. The molecular formula is C14H12IN3. The van der Waals surface area contributed by atoms with E-state index < -0.39 is 0 Å². The fourth-order valence-corrected chi connectivity index (χ4v) is 2.43. The molecule has 0 bridgehead atoms. The highest BCUT2D eigenvalue weighted by molar-refractivity contribution is 14.1. The number of hydrogen-bond donors (Lipinski definition) is 1. The Labute approximate surface area is 119 Å². The molecule has 0 aliphatic rings. The second-order valence-electron chi connectivity index (χ2n) is 4.27. The SMILES string of the molecule is Cc1ccc2c(c1)nc(N)n2-c1ccc(I)cc1. The first-order valence-corrected chi connectivity index (χ1v) is 6.73. The summed E-state index contributed by atoms with van der Waals surface area (Å²) in [6, 6.07) is 14.4. The van der Waals surface area contributed by atoms with Gasteiger partial charge in [-0.3, -0.25) is 4.57 Å². The zero-order valence-corrected chi connectivity index (χ0v) is 12.0. The van der Waals surface area contributed by atoms with E-state index in [4.69, 9.17) is 5.73 Å². The Kier molecular flexibility index (Phi) is 2.74. The number of nitrogens with two attached hydrogens (primary N) is 1. The molecule has 0 spiro atoms. The molecule has 0 radical (unpaired) electrons. The molecule has 0 atom stereocenters. The average molecular weight is 349 g/mol. The minimum atomic E-state index is 0.525. The summed E-state index contributed by atoms with van der Waals surface area (Å²) in [5.74, 6) is 0.525. The van der Waals surface area contributed by atoms with E-state index in [2.05, 4.69) is 77.0 Å². The van der Waals surface area contributed by atoms with Crippen molar-refractivity contribution in [2.45, 2.75) is 6.92 Å². The Bertz CT molecular complexity index is 714. The van der Waals surface area contributed by atoms with Gasteiger partial charge in [0.15, 0.2) is 0 Å². The van der Waals surface area contributed by atoms with E-state index in [1.54, 1.807) is 0 Å². The molecule has 0 saturated heterocycles. The van der Waals surface area contributed by atoms with Crippen LogP contribution in [0.5, 0.6) is 0 Å². The van der Waals surface area contributed by atoms with Crippen LogP contribution in [0.4, 0.5) is 5.95 Å². The highest BCUT2D eigenvalue weighted by Crippen LogP contribution is 2.24. The van der Waals surface area contributed by atoms with Crippen molar-refractivity contribution in [1.82, 2.24) is 9.55 Å². The van der Waals surface area contributed by atoms with Gasteiger partial charge in [-0.25, -0.2) is 4.98 Å². The molecule has 1 heterocycles. The Morgan fingerprint density at radius 2 is 1.83 bits per heavy atom. The van der Waals surface area contributed by atoms with Gasteiger partial charge in [-0.15, -0.1) is 0 Å². The Morgan fingerprint density at radius 3 is 2.56 bits per heavy atom. The Hall–Kier alpha value is -1.56. The number of rotatable bonds is 1. The van der Waals surface area contributed by atoms with Gasteiger partial charge in [0.05, 0.1) is 11.0 Å². The van der Waals surface area contributed by atoms with Crippen LogP contribution < -0.4 is 5.73 Å². The number of nitrogen functional groups attached to an aromatic ring is 1. The number of fused-ring (bicyclic) bond motifs is 1. The van der Waals surface area contributed by atoms with Crippen LogP contribution in [0.1, 0.15) is 5.56 Å². The number of imidazole rings is 1. The van der Waals surface area contributed by atoms with E-state index in [0.717, 1.165) is 16.7 Å². The molecule has 0 aliphatic carbocycles. The number of hydrogen-bond acceptors (Lipinski definition) is 2. The lowest BCUT2D eigenvalue weighted by atomic mass is 10.2. The van der Waals surface area contributed by atoms with E-state index in [1.807, 2.05) is 4.57 Å². The van der Waals surface area contributed by atoms with Crippen LogP contribution in [0, 0.1) is 10.5 Å². The lowest BCUT2D eigenvalue weighted by molar-refractivity contribution is 1.11. The maximum atomic E-state index is 6.02. The predicted octanol–water partition coefficient (Wildman–Crippen LogP) is 3.52. The normalized spacial score (nSPS) is 11.0. The summed E-state index contributed by atoms with van der Waals surface area (Å²) in [5, 5.41) is 0. The van der Waals surface area contributed by atoms with Crippen LogP contribution in [-0.2, 0) is 0 Å². The minimum absolute atomic E-state index is 0.525. The van der Waals surface area contributed by atoms with Gasteiger partial charge in [-0.1, -0.05) is 6.07 Å². The molecular weight excluding hydrogens is 337 g/mol. The van der Waals surface area contributed by atoms with Gasteiger partial charge in [0.1, 0.15) is 0 Å². The zero-order chi connectivity index (χ0) is 12.7. The fourth-order valence-electron chi connectivity index (χ4n) is 2.07. The van der Waals surface area contributed by atoms with Crippen LogP contribution in [0.2, 0.25) is 0 Å². The molecule has 0 amide bonds. The zero-order valence-electron chi connectivity index (χ0n) is 9.89. The third kappa shape index (κ3) is 1.86. The van der Waals surface area contributed by atoms with Gasteiger partial charge >= 0.3 is 0 Å². The largest absolute Gasteiger partial charge is 0.369 e. The second-order valence-corrected chi connectivity index (χ2v) is 5.52. The average Bonchev–Trinajstić information content (AvgIpc) is 2.65. The summed E-state index contributed by atoms with van der Waals surface area (Å²) < 4.78 is 3.18. The highest BCUT2D eigenvalue weighted by atomic mass is 127. The topological polar surface area (TPSA) is 43.8 Å². The molecule has 2 N–H and O–H groups in total. The van der Waals surface area contributed by atoms with Crippen molar-refractivity contribution in [3.8, 4) is 5.69 Å². The quantitative estimate of drug-likeness (QED) is 0.683. The van der Waals surface area contributed by atoms with Crippen molar-refractivity contribution in [2.24, 2.45) is 0 Å². The van der Waals surface area contributed by atoms with Gasteiger partial charge in [0.2, 0.25) is 5.95 Å². The molecule has 3 rings (SSSR count). The second kappa shape index (κ2) is 4.28. The first-order valence-electron chi connectivity index (χ1n) is 5.66. The predicted molar refractivity (Wildman–Crippen MR) is 82.9 cm³/mol. The van der Waals surface area contributed by atoms with Crippen molar-refractivity contribution in [3.05, 3.63) is 51.6 Å². The van der Waals surface area contributed by atoms with Gasteiger partial charge in [-0.05, 0) is 71.5 Å². The fraction of sp³-hybridized carbons (Fsp3) is 0.0714. The van der Waals surface area contributed by atoms with Gasteiger partial charge in [0, 0.05) is 9.26 Å². The molecule has 3 aromatic rings. The summed E-state index contributed by atoms with van der Waals surface area (Å²) in [4.78, 5) is 4.41. The lowest BCUT2D eigenvalue weighted by Crippen LogP contribution is -2.00. The molecule has 2 aromatic carbocycles. The molecule has 3 nitrogen and oxygen atoms in total. The highest BCUT2D eigenvalue weighted by Gasteiger charge is 2.09. The van der Waals surface area contributed by atoms with E-state index in [1.165, 1.54) is 9.13 Å². The summed E-state index contributed by atoms with van der Waals surface area (Å²) in [6.07, 6.45) is 0. The third-order valence-electron chi connectivity index (χ3n) is 2.92. The summed E-state index contributed by atoms with van der Waals surface area (Å²) in [7, 11) is 0. The van der Waals surface area contributed by atoms with Crippen LogP contribution in [0.15, 0.2) is 42.5 Å². The smallest absolute Gasteiger partial charge is 0.205 e. The van der Waals surface area contributed by atoms with Crippen molar-refractivity contribution < 1.29 is 0 Å². The Morgan fingerprint density at radius 1 is 1.11 bits per heavy atom. The number of aryl methyl sites for hydroxylation is 1. The van der Waals surface area contributed by atoms with Crippen molar-refractivity contribution >= 4 is 39.6 Å². The molecule has 0 saturated carbocycles. The van der Waals surface area contributed by atoms with E-state index in [0.29, 0.717) is 5.95 Å². The maximum absolute atomic E-state index is 6.02. The molecule has 0 fully saturated rings. The molecule has 0 unspecified atom stereocenters. The molecule has 90 valence electrons. The van der Waals surface area contributed by atoms with Crippen molar-refractivity contribution in [1.29, 1.82) is 0 Å². The Balaban J connectivity index is 2.28. The number of benzene rings is 2. The number of halogens is 1. The number of nitrogens with zero attached hydrogens (tertiary/aromatic N) is 2. The van der Waals surface area contributed by atoms with Crippen LogP contribution in [0.25, 0.3) is 16.7 Å². The first kappa shape index (κ1) is 11.5. The van der Waals surface area contributed by atoms with Crippen molar-refractivity contribution in [3.63, 3.8) is 0 Å². The molecule has 0 aliphatic heterocycles. The van der Waals surface area contributed by atoms with Crippen molar-refractivity contribution in [2.75, 3.05) is 5.73 Å². The minimum Gasteiger partial charge on any atom is -0.369 e.